The van der Waals surface area contributed by atoms with E-state index in [0.717, 1.165) is 22.7 Å². The molecule has 57 heavy (non-hydrogen) atoms. The van der Waals surface area contributed by atoms with E-state index >= 15 is 0 Å². The van der Waals surface area contributed by atoms with Crippen LogP contribution in [0.1, 0.15) is 5.56 Å². The number of rotatable bonds is 8. The Balaban J connectivity index is 1.09. The number of anilines is 3. The highest BCUT2D eigenvalue weighted by atomic mass is 15.1. The summed E-state index contributed by atoms with van der Waals surface area (Å²) in [6, 6.07) is 81.2. The van der Waals surface area contributed by atoms with Gasteiger partial charge in [-0.2, -0.15) is 0 Å². The zero-order valence-corrected chi connectivity index (χ0v) is 31.8. The maximum atomic E-state index is 2.41. The standard InChI is InChI=1S/C55H40N2/c1-39-17-29-49(30-18-39)56(48-15-9-4-10-16-48)50-31-33-51(34-32-50)57-54-35-27-46(44-23-19-42(20-24-44)40-11-5-2-6-12-40)37-52(54)53-38-47(28-36-55(53)57)45-25-21-43(22-26-45)41-13-7-3-8-14-41/h2-38H,1H3. The monoisotopic (exact) mass is 728 g/mol. The van der Waals surface area contributed by atoms with Gasteiger partial charge in [-0.1, -0.05) is 157 Å². The molecule has 0 aliphatic heterocycles. The molecule has 0 saturated carbocycles. The summed E-state index contributed by atoms with van der Waals surface area (Å²) in [4.78, 5) is 2.32. The Morgan fingerprint density at radius 3 is 1.07 bits per heavy atom. The molecule has 0 fully saturated rings. The summed E-state index contributed by atoms with van der Waals surface area (Å²) in [5.41, 5.74) is 17.8. The van der Waals surface area contributed by atoms with E-state index in [2.05, 4.69) is 241 Å². The van der Waals surface area contributed by atoms with Crippen LogP contribution >= 0.6 is 0 Å². The van der Waals surface area contributed by atoms with E-state index in [0.29, 0.717) is 0 Å². The minimum absolute atomic E-state index is 1.11. The Bertz CT molecular complexity index is 2810. The molecule has 1 aromatic heterocycles. The first kappa shape index (κ1) is 34.1. The van der Waals surface area contributed by atoms with Gasteiger partial charge in [0.25, 0.3) is 0 Å². The van der Waals surface area contributed by atoms with E-state index in [1.165, 1.54) is 71.9 Å². The van der Waals surface area contributed by atoms with Gasteiger partial charge in [-0.25, -0.2) is 0 Å². The van der Waals surface area contributed by atoms with Crippen molar-refractivity contribution in [2.24, 2.45) is 0 Å². The van der Waals surface area contributed by atoms with Crippen LogP contribution in [0.15, 0.2) is 224 Å². The normalized spacial score (nSPS) is 11.2. The molecular weight excluding hydrogens is 689 g/mol. The Hall–Kier alpha value is -7.42. The van der Waals surface area contributed by atoms with Crippen molar-refractivity contribution in [2.75, 3.05) is 4.90 Å². The van der Waals surface area contributed by atoms with Gasteiger partial charge in [0.05, 0.1) is 11.0 Å². The number of aryl methyl sites for hydroxylation is 1. The van der Waals surface area contributed by atoms with Crippen molar-refractivity contribution < 1.29 is 0 Å². The first-order chi connectivity index (χ1) is 28.2. The zero-order valence-electron chi connectivity index (χ0n) is 31.8. The van der Waals surface area contributed by atoms with Crippen LogP contribution in [0.4, 0.5) is 17.1 Å². The van der Waals surface area contributed by atoms with Gasteiger partial charge >= 0.3 is 0 Å². The van der Waals surface area contributed by atoms with Gasteiger partial charge in [0.1, 0.15) is 0 Å². The molecule has 2 heteroatoms. The molecule has 0 saturated heterocycles. The van der Waals surface area contributed by atoms with Crippen molar-refractivity contribution in [1.29, 1.82) is 0 Å². The summed E-state index contributed by atoms with van der Waals surface area (Å²) in [5.74, 6) is 0. The van der Waals surface area contributed by atoms with Crippen molar-refractivity contribution in [3.8, 4) is 50.2 Å². The molecule has 10 aromatic rings. The topological polar surface area (TPSA) is 8.17 Å². The van der Waals surface area contributed by atoms with E-state index in [-0.39, 0.29) is 0 Å². The highest BCUT2D eigenvalue weighted by Crippen LogP contribution is 2.40. The summed E-state index contributed by atoms with van der Waals surface area (Å²) in [7, 11) is 0. The lowest BCUT2D eigenvalue weighted by Gasteiger charge is -2.26. The molecule has 2 nitrogen and oxygen atoms in total. The number of hydrogen-bond donors (Lipinski definition) is 0. The number of nitrogens with zero attached hydrogens (tertiary/aromatic N) is 2. The fourth-order valence-corrected chi connectivity index (χ4v) is 8.10. The fourth-order valence-electron chi connectivity index (χ4n) is 8.10. The van der Waals surface area contributed by atoms with E-state index in [9.17, 15) is 0 Å². The number of hydrogen-bond acceptors (Lipinski definition) is 1. The second kappa shape index (κ2) is 14.7. The zero-order chi connectivity index (χ0) is 38.1. The summed E-state index contributed by atoms with van der Waals surface area (Å²) < 4.78 is 2.41. The molecule has 0 amide bonds. The van der Waals surface area contributed by atoms with Crippen LogP contribution in [0.2, 0.25) is 0 Å². The summed E-state index contributed by atoms with van der Waals surface area (Å²) >= 11 is 0. The Morgan fingerprint density at radius 1 is 0.298 bits per heavy atom. The van der Waals surface area contributed by atoms with Crippen molar-refractivity contribution in [3.63, 3.8) is 0 Å². The lowest BCUT2D eigenvalue weighted by atomic mass is 9.97. The second-order valence-electron chi connectivity index (χ2n) is 14.7. The minimum atomic E-state index is 1.11. The van der Waals surface area contributed by atoms with Gasteiger partial charge in [-0.05, 0) is 124 Å². The quantitative estimate of drug-likeness (QED) is 0.151. The largest absolute Gasteiger partial charge is 0.311 e. The van der Waals surface area contributed by atoms with Crippen LogP contribution in [0, 0.1) is 6.92 Å². The van der Waals surface area contributed by atoms with Gasteiger partial charge in [0.2, 0.25) is 0 Å². The molecule has 0 unspecified atom stereocenters. The van der Waals surface area contributed by atoms with Gasteiger partial charge in [0.15, 0.2) is 0 Å². The molecule has 0 bridgehead atoms. The number of para-hydroxylation sites is 1. The molecular formula is C55H40N2. The van der Waals surface area contributed by atoms with Crippen LogP contribution in [-0.2, 0) is 0 Å². The molecule has 9 aromatic carbocycles. The second-order valence-corrected chi connectivity index (χ2v) is 14.7. The highest BCUT2D eigenvalue weighted by Gasteiger charge is 2.17. The van der Waals surface area contributed by atoms with Crippen molar-refractivity contribution >= 4 is 38.9 Å². The summed E-state index contributed by atoms with van der Waals surface area (Å²) in [6.07, 6.45) is 0. The first-order valence-corrected chi connectivity index (χ1v) is 19.6. The minimum Gasteiger partial charge on any atom is -0.311 e. The van der Waals surface area contributed by atoms with E-state index in [4.69, 9.17) is 0 Å². The Labute approximate surface area is 334 Å². The predicted molar refractivity (Wildman–Crippen MR) is 242 cm³/mol. The Morgan fingerprint density at radius 2 is 0.632 bits per heavy atom. The third-order valence-electron chi connectivity index (χ3n) is 11.1. The molecule has 0 aliphatic rings. The molecule has 0 spiro atoms. The van der Waals surface area contributed by atoms with Crippen LogP contribution in [0.5, 0.6) is 0 Å². The van der Waals surface area contributed by atoms with Crippen LogP contribution in [0.3, 0.4) is 0 Å². The lowest BCUT2D eigenvalue weighted by molar-refractivity contribution is 1.17. The maximum Gasteiger partial charge on any atom is 0.0541 e. The van der Waals surface area contributed by atoms with Crippen LogP contribution in [-0.4, -0.2) is 4.57 Å². The van der Waals surface area contributed by atoms with Gasteiger partial charge in [-0.3, -0.25) is 0 Å². The molecule has 0 aliphatic carbocycles. The third kappa shape index (κ3) is 6.58. The Kier molecular flexibility index (Phi) is 8.78. The smallest absolute Gasteiger partial charge is 0.0541 e. The lowest BCUT2D eigenvalue weighted by Crippen LogP contribution is -2.10. The van der Waals surface area contributed by atoms with Crippen LogP contribution < -0.4 is 4.90 Å². The maximum absolute atomic E-state index is 2.41. The van der Waals surface area contributed by atoms with Crippen molar-refractivity contribution in [3.05, 3.63) is 230 Å². The van der Waals surface area contributed by atoms with Crippen LogP contribution in [0.25, 0.3) is 72.0 Å². The fraction of sp³-hybridized carbons (Fsp3) is 0.0182. The number of fused-ring (bicyclic) bond motifs is 3. The van der Waals surface area contributed by atoms with Gasteiger partial charge in [-0.15, -0.1) is 0 Å². The van der Waals surface area contributed by atoms with E-state index in [1.54, 1.807) is 0 Å². The molecule has 0 radical (unpaired) electrons. The molecule has 0 atom stereocenters. The number of aromatic nitrogens is 1. The highest BCUT2D eigenvalue weighted by molar-refractivity contribution is 6.11. The number of benzene rings is 9. The summed E-state index contributed by atoms with van der Waals surface area (Å²) in [5, 5.41) is 2.46. The third-order valence-corrected chi connectivity index (χ3v) is 11.1. The average Bonchev–Trinajstić information content (AvgIpc) is 3.61. The molecule has 270 valence electrons. The predicted octanol–water partition coefficient (Wildman–Crippen LogP) is 15.2. The van der Waals surface area contributed by atoms with E-state index in [1.807, 2.05) is 0 Å². The summed E-state index contributed by atoms with van der Waals surface area (Å²) in [6.45, 7) is 2.13. The van der Waals surface area contributed by atoms with Gasteiger partial charge in [0, 0.05) is 33.5 Å². The average molecular weight is 729 g/mol. The molecule has 10 rings (SSSR count). The molecule has 1 heterocycles. The molecule has 0 N–H and O–H groups in total. The SMILES string of the molecule is Cc1ccc(N(c2ccccc2)c2ccc(-n3c4ccc(-c5ccc(-c6ccccc6)cc5)cc4c4cc(-c5ccc(-c6ccccc6)cc5)ccc43)cc2)cc1. The van der Waals surface area contributed by atoms with E-state index < -0.39 is 0 Å². The first-order valence-electron chi connectivity index (χ1n) is 19.6. The van der Waals surface area contributed by atoms with Gasteiger partial charge < -0.3 is 9.47 Å². The van der Waals surface area contributed by atoms with Crippen molar-refractivity contribution in [1.82, 2.24) is 4.57 Å². The van der Waals surface area contributed by atoms with Crippen molar-refractivity contribution in [2.45, 2.75) is 6.92 Å².